The monoisotopic (exact) mass is 495 g/mol. The second-order valence-corrected chi connectivity index (χ2v) is 9.36. The van der Waals surface area contributed by atoms with Crippen LogP contribution in [0.15, 0.2) is 36.4 Å². The van der Waals surface area contributed by atoms with Crippen LogP contribution in [0.2, 0.25) is 0 Å². The largest absolute Gasteiger partial charge is 0.465 e. The zero-order valence-electron chi connectivity index (χ0n) is 19.9. The predicted octanol–water partition coefficient (Wildman–Crippen LogP) is 4.57. The topological polar surface area (TPSA) is 100 Å². The van der Waals surface area contributed by atoms with Gasteiger partial charge in [0.25, 0.3) is 5.91 Å². The first-order valence-corrected chi connectivity index (χ1v) is 11.7. The van der Waals surface area contributed by atoms with Gasteiger partial charge in [-0.2, -0.15) is 0 Å². The summed E-state index contributed by atoms with van der Waals surface area (Å²) in [6.45, 7) is 5.23. The highest BCUT2D eigenvalue weighted by Gasteiger charge is 2.25. The summed E-state index contributed by atoms with van der Waals surface area (Å²) in [6.07, 6.45) is 0.431. The molecular weight excluding hydrogens is 470 g/mol. The molecule has 1 N–H and O–H groups in total. The van der Waals surface area contributed by atoms with E-state index in [9.17, 15) is 14.4 Å². The van der Waals surface area contributed by atoms with Gasteiger partial charge in [0.05, 0.1) is 18.2 Å². The Bertz CT molecular complexity index is 1310. The lowest BCUT2D eigenvalue weighted by atomic mass is 10.0. The molecule has 1 aliphatic rings. The van der Waals surface area contributed by atoms with Crippen molar-refractivity contribution in [1.82, 2.24) is 0 Å². The van der Waals surface area contributed by atoms with Crippen molar-refractivity contribution in [3.05, 3.63) is 74.7 Å². The Morgan fingerprint density at radius 2 is 1.77 bits per heavy atom. The van der Waals surface area contributed by atoms with Gasteiger partial charge >= 0.3 is 11.9 Å². The van der Waals surface area contributed by atoms with Crippen molar-refractivity contribution in [2.75, 3.05) is 25.8 Å². The zero-order chi connectivity index (χ0) is 25.1. The molecule has 1 aromatic heterocycles. The molecule has 0 saturated heterocycles. The molecule has 182 valence electrons. The van der Waals surface area contributed by atoms with E-state index in [1.807, 2.05) is 44.2 Å². The molecule has 0 aliphatic carbocycles. The number of carbonyl (C=O) groups excluding carboxylic acids is 3. The van der Waals surface area contributed by atoms with Crippen molar-refractivity contribution < 1.29 is 33.3 Å². The Morgan fingerprint density at radius 1 is 1.00 bits per heavy atom. The lowest BCUT2D eigenvalue weighted by molar-refractivity contribution is -0.119. The molecule has 0 fully saturated rings. The number of fused-ring (bicyclic) bond motifs is 1. The maximum absolute atomic E-state index is 12.7. The average Bonchev–Trinajstić information content (AvgIpc) is 3.42. The van der Waals surface area contributed by atoms with Crippen molar-refractivity contribution in [2.45, 2.75) is 27.2 Å². The van der Waals surface area contributed by atoms with Gasteiger partial charge in [0.15, 0.2) is 18.1 Å². The number of hydrogen-bond acceptors (Lipinski definition) is 8. The Hall–Kier alpha value is -3.85. The van der Waals surface area contributed by atoms with Gasteiger partial charge in [-0.1, -0.05) is 23.8 Å². The molecule has 8 nitrogen and oxygen atoms in total. The molecule has 0 saturated carbocycles. The molecular formula is C26H25NO7S. The number of ether oxygens (including phenoxy) is 4. The molecule has 0 spiro atoms. The Kier molecular flexibility index (Phi) is 7.07. The molecule has 1 amide bonds. The number of carbonyl (C=O) groups is 3. The van der Waals surface area contributed by atoms with Crippen molar-refractivity contribution >= 4 is 34.2 Å². The van der Waals surface area contributed by atoms with Crippen molar-refractivity contribution in [3.8, 4) is 11.5 Å². The van der Waals surface area contributed by atoms with Gasteiger partial charge in [0.2, 0.25) is 6.79 Å². The Balaban J connectivity index is 1.50. The molecule has 4 rings (SSSR count). The van der Waals surface area contributed by atoms with Gasteiger partial charge in [0, 0.05) is 4.88 Å². The molecule has 0 unspecified atom stereocenters. The second kappa shape index (κ2) is 10.2. The molecule has 0 atom stereocenters. The predicted molar refractivity (Wildman–Crippen MR) is 131 cm³/mol. The maximum atomic E-state index is 12.7. The average molecular weight is 496 g/mol. The van der Waals surface area contributed by atoms with Gasteiger partial charge in [0.1, 0.15) is 5.00 Å². The van der Waals surface area contributed by atoms with E-state index < -0.39 is 24.5 Å². The summed E-state index contributed by atoms with van der Waals surface area (Å²) < 4.78 is 21.0. The van der Waals surface area contributed by atoms with Crippen LogP contribution in [0.25, 0.3) is 0 Å². The minimum absolute atomic E-state index is 0.174. The van der Waals surface area contributed by atoms with Crippen LogP contribution in [0, 0.1) is 20.8 Å². The standard InChI is InChI=1S/C26H25NO7S/c1-14-5-6-15(2)18(9-14)25(29)32-12-22(28)27-24-23(26(30)31-4)19(16(3)35-24)10-17-7-8-20-21(11-17)34-13-33-20/h5-9,11H,10,12-13H2,1-4H3,(H,27,28). The molecule has 0 bridgehead atoms. The summed E-state index contributed by atoms with van der Waals surface area (Å²) >= 11 is 1.26. The number of esters is 2. The SMILES string of the molecule is COC(=O)c1c(NC(=O)COC(=O)c2cc(C)ccc2C)sc(C)c1Cc1ccc2c(c1)OCO2. The smallest absolute Gasteiger partial charge is 0.341 e. The van der Waals surface area contributed by atoms with E-state index in [0.717, 1.165) is 27.1 Å². The first-order chi connectivity index (χ1) is 16.8. The lowest BCUT2D eigenvalue weighted by Gasteiger charge is -2.10. The Morgan fingerprint density at radius 3 is 2.54 bits per heavy atom. The van der Waals surface area contributed by atoms with Crippen LogP contribution < -0.4 is 14.8 Å². The van der Waals surface area contributed by atoms with Gasteiger partial charge in [-0.15, -0.1) is 11.3 Å². The van der Waals surface area contributed by atoms with Crippen LogP contribution in [0.3, 0.4) is 0 Å². The molecule has 35 heavy (non-hydrogen) atoms. The number of hydrogen-bond donors (Lipinski definition) is 1. The van der Waals surface area contributed by atoms with Crippen molar-refractivity contribution in [3.63, 3.8) is 0 Å². The summed E-state index contributed by atoms with van der Waals surface area (Å²) in [5.74, 6) is -0.376. The lowest BCUT2D eigenvalue weighted by Crippen LogP contribution is -2.22. The van der Waals surface area contributed by atoms with E-state index in [1.165, 1.54) is 18.4 Å². The minimum atomic E-state index is -0.583. The fourth-order valence-corrected chi connectivity index (χ4v) is 4.86. The first-order valence-electron chi connectivity index (χ1n) is 10.9. The fourth-order valence-electron chi connectivity index (χ4n) is 3.78. The van der Waals surface area contributed by atoms with Crippen molar-refractivity contribution in [1.29, 1.82) is 0 Å². The highest BCUT2D eigenvalue weighted by atomic mass is 32.1. The summed E-state index contributed by atoms with van der Waals surface area (Å²) in [4.78, 5) is 38.6. The maximum Gasteiger partial charge on any atom is 0.341 e. The number of anilines is 1. The van der Waals surface area contributed by atoms with Crippen LogP contribution in [0.4, 0.5) is 5.00 Å². The summed E-state index contributed by atoms with van der Waals surface area (Å²) in [5, 5.41) is 3.05. The van der Waals surface area contributed by atoms with Crippen LogP contribution in [-0.2, 0) is 20.7 Å². The third-order valence-corrected chi connectivity index (χ3v) is 6.68. The summed E-state index contributed by atoms with van der Waals surface area (Å²) in [5.41, 5.74) is 4.02. The fraction of sp³-hybridized carbons (Fsp3) is 0.269. The molecule has 2 aromatic carbocycles. The number of aryl methyl sites for hydroxylation is 3. The zero-order valence-corrected chi connectivity index (χ0v) is 20.7. The Labute approximate surface area is 206 Å². The number of methoxy groups -OCH3 is 1. The molecule has 3 aromatic rings. The van der Waals surface area contributed by atoms with E-state index in [1.54, 1.807) is 13.0 Å². The number of benzene rings is 2. The van der Waals surface area contributed by atoms with E-state index in [4.69, 9.17) is 18.9 Å². The van der Waals surface area contributed by atoms with Crippen LogP contribution in [-0.4, -0.2) is 38.4 Å². The summed E-state index contributed by atoms with van der Waals surface area (Å²) in [6, 6.07) is 11.0. The number of nitrogens with one attached hydrogen (secondary N) is 1. The normalized spacial score (nSPS) is 11.8. The van der Waals surface area contributed by atoms with Gasteiger partial charge in [-0.3, -0.25) is 4.79 Å². The second-order valence-electron chi connectivity index (χ2n) is 8.14. The third-order valence-electron chi connectivity index (χ3n) is 5.62. The third kappa shape index (κ3) is 5.30. The molecule has 9 heteroatoms. The van der Waals surface area contributed by atoms with Crippen molar-refractivity contribution in [2.24, 2.45) is 0 Å². The number of amides is 1. The van der Waals surface area contributed by atoms with Crippen LogP contribution in [0.1, 0.15) is 47.8 Å². The van der Waals surface area contributed by atoms with Crippen LogP contribution in [0.5, 0.6) is 11.5 Å². The molecule has 2 heterocycles. The highest BCUT2D eigenvalue weighted by Crippen LogP contribution is 2.37. The van der Waals surface area contributed by atoms with E-state index in [0.29, 0.717) is 28.5 Å². The van der Waals surface area contributed by atoms with Gasteiger partial charge in [-0.05, 0) is 62.1 Å². The summed E-state index contributed by atoms with van der Waals surface area (Å²) in [7, 11) is 1.29. The molecule has 1 aliphatic heterocycles. The quantitative estimate of drug-likeness (QED) is 0.479. The number of thiophene rings is 1. The van der Waals surface area contributed by atoms with E-state index in [2.05, 4.69) is 5.32 Å². The highest BCUT2D eigenvalue weighted by molar-refractivity contribution is 7.16. The van der Waals surface area contributed by atoms with Gasteiger partial charge in [-0.25, -0.2) is 9.59 Å². The van der Waals surface area contributed by atoms with Crippen LogP contribution >= 0.6 is 11.3 Å². The molecule has 0 radical (unpaired) electrons. The minimum Gasteiger partial charge on any atom is -0.465 e. The number of rotatable bonds is 7. The first kappa shape index (κ1) is 24.3. The van der Waals surface area contributed by atoms with E-state index in [-0.39, 0.29) is 12.4 Å². The van der Waals surface area contributed by atoms with E-state index >= 15 is 0 Å². The van der Waals surface area contributed by atoms with Gasteiger partial charge < -0.3 is 24.3 Å².